The molecule has 0 aliphatic rings. The monoisotopic (exact) mass is 239 g/mol. The fourth-order valence-electron chi connectivity index (χ4n) is 1.64. The summed E-state index contributed by atoms with van der Waals surface area (Å²) in [4.78, 5) is 1.05. The van der Waals surface area contributed by atoms with E-state index in [2.05, 4.69) is 0 Å². The van der Waals surface area contributed by atoms with Gasteiger partial charge in [0.2, 0.25) is 0 Å². The first-order chi connectivity index (χ1) is 7.59. The van der Waals surface area contributed by atoms with Gasteiger partial charge < -0.3 is 5.73 Å². The molecule has 0 fully saturated rings. The van der Waals surface area contributed by atoms with Crippen molar-refractivity contribution in [2.75, 3.05) is 0 Å². The van der Waals surface area contributed by atoms with Crippen LogP contribution in [0.1, 0.15) is 22.0 Å². The van der Waals surface area contributed by atoms with Crippen LogP contribution in [0.15, 0.2) is 29.6 Å². The molecular weight excluding hydrogens is 228 g/mol. The minimum atomic E-state index is -0.599. The minimum Gasteiger partial charge on any atom is -0.320 e. The Balaban J connectivity index is 2.41. The third-order valence-electron chi connectivity index (χ3n) is 2.53. The van der Waals surface area contributed by atoms with Crippen molar-refractivity contribution in [1.82, 2.24) is 0 Å². The second kappa shape index (κ2) is 4.31. The fraction of sp³-hybridized carbons (Fsp3) is 0.167. The number of hydrogen-bond donors (Lipinski definition) is 1. The molecule has 1 nitrogen and oxygen atoms in total. The van der Waals surface area contributed by atoms with E-state index in [0.717, 1.165) is 16.5 Å². The quantitative estimate of drug-likeness (QED) is 0.854. The van der Waals surface area contributed by atoms with Gasteiger partial charge in [0, 0.05) is 16.5 Å². The molecule has 1 aromatic carbocycles. The highest BCUT2D eigenvalue weighted by Crippen LogP contribution is 2.27. The summed E-state index contributed by atoms with van der Waals surface area (Å²) in [6, 6.07) is 4.81. The van der Waals surface area contributed by atoms with Gasteiger partial charge in [-0.05, 0) is 30.0 Å². The van der Waals surface area contributed by atoms with Crippen molar-refractivity contribution in [3.63, 3.8) is 0 Å². The van der Waals surface area contributed by atoms with Gasteiger partial charge >= 0.3 is 0 Å². The first kappa shape index (κ1) is 11.2. The first-order valence-electron chi connectivity index (χ1n) is 4.84. The van der Waals surface area contributed by atoms with Gasteiger partial charge in [-0.3, -0.25) is 0 Å². The molecule has 2 aromatic rings. The summed E-state index contributed by atoms with van der Waals surface area (Å²) in [5, 5.41) is 1.91. The predicted molar refractivity (Wildman–Crippen MR) is 61.4 cm³/mol. The Hall–Kier alpha value is -1.26. The summed E-state index contributed by atoms with van der Waals surface area (Å²) in [6.07, 6.45) is 0. The zero-order chi connectivity index (χ0) is 11.7. The Kier molecular flexibility index (Phi) is 3.03. The molecule has 1 atom stereocenters. The molecule has 84 valence electrons. The van der Waals surface area contributed by atoms with Crippen LogP contribution in [0.5, 0.6) is 0 Å². The number of rotatable bonds is 2. The molecule has 0 radical (unpaired) electrons. The molecule has 0 amide bonds. The van der Waals surface area contributed by atoms with Crippen molar-refractivity contribution in [3.8, 4) is 0 Å². The van der Waals surface area contributed by atoms with Gasteiger partial charge in [0.25, 0.3) is 0 Å². The zero-order valence-electron chi connectivity index (χ0n) is 8.71. The Bertz CT molecular complexity index is 507. The highest BCUT2D eigenvalue weighted by molar-refractivity contribution is 7.10. The molecule has 1 unspecified atom stereocenters. The average Bonchev–Trinajstić information content (AvgIpc) is 2.63. The number of thiophene rings is 1. The standard InChI is InChI=1S/C12H11F2NS/c1-7-9(4-5-16-7)12(15)10-3-2-8(13)6-11(10)14/h2-6,12H,15H2,1H3. The van der Waals surface area contributed by atoms with Gasteiger partial charge in [-0.15, -0.1) is 11.3 Å². The van der Waals surface area contributed by atoms with Crippen LogP contribution < -0.4 is 5.73 Å². The van der Waals surface area contributed by atoms with Crippen LogP contribution >= 0.6 is 11.3 Å². The van der Waals surface area contributed by atoms with E-state index in [4.69, 9.17) is 5.73 Å². The van der Waals surface area contributed by atoms with Crippen molar-refractivity contribution in [2.45, 2.75) is 13.0 Å². The summed E-state index contributed by atoms with van der Waals surface area (Å²) in [5.41, 5.74) is 7.16. The summed E-state index contributed by atoms with van der Waals surface area (Å²) >= 11 is 1.56. The number of nitrogens with two attached hydrogens (primary N) is 1. The molecule has 0 bridgehead atoms. The van der Waals surface area contributed by atoms with E-state index < -0.39 is 17.7 Å². The third-order valence-corrected chi connectivity index (χ3v) is 3.39. The fourth-order valence-corrected chi connectivity index (χ4v) is 2.39. The lowest BCUT2D eigenvalue weighted by atomic mass is 10.00. The second-order valence-corrected chi connectivity index (χ2v) is 4.70. The van der Waals surface area contributed by atoms with Crippen molar-refractivity contribution < 1.29 is 8.78 Å². The normalized spacial score (nSPS) is 12.8. The summed E-state index contributed by atoms with van der Waals surface area (Å²) in [6.45, 7) is 1.93. The Morgan fingerprint density at radius 2 is 1.94 bits per heavy atom. The maximum Gasteiger partial charge on any atom is 0.131 e. The molecule has 2 rings (SSSR count). The van der Waals surface area contributed by atoms with Crippen LogP contribution in [0.4, 0.5) is 8.78 Å². The molecule has 0 saturated heterocycles. The van der Waals surface area contributed by atoms with Crippen LogP contribution in [0.2, 0.25) is 0 Å². The topological polar surface area (TPSA) is 26.0 Å². The smallest absolute Gasteiger partial charge is 0.131 e. The van der Waals surface area contributed by atoms with Gasteiger partial charge in [0.05, 0.1) is 6.04 Å². The lowest BCUT2D eigenvalue weighted by Gasteiger charge is -2.12. The van der Waals surface area contributed by atoms with E-state index in [0.29, 0.717) is 5.56 Å². The number of halogens is 2. The highest BCUT2D eigenvalue weighted by Gasteiger charge is 2.16. The minimum absolute atomic E-state index is 0.322. The SMILES string of the molecule is Cc1sccc1C(N)c1ccc(F)cc1F. The Morgan fingerprint density at radius 1 is 1.19 bits per heavy atom. The van der Waals surface area contributed by atoms with Crippen molar-refractivity contribution in [3.05, 3.63) is 57.3 Å². The van der Waals surface area contributed by atoms with E-state index in [1.54, 1.807) is 11.3 Å². The molecule has 1 heterocycles. The molecule has 0 spiro atoms. The van der Waals surface area contributed by atoms with Crippen LogP contribution in [0, 0.1) is 18.6 Å². The molecule has 16 heavy (non-hydrogen) atoms. The van der Waals surface area contributed by atoms with Crippen molar-refractivity contribution in [2.24, 2.45) is 5.73 Å². The van der Waals surface area contributed by atoms with Gasteiger partial charge in [-0.1, -0.05) is 6.07 Å². The summed E-state index contributed by atoms with van der Waals surface area (Å²) in [7, 11) is 0. The number of hydrogen-bond acceptors (Lipinski definition) is 2. The largest absolute Gasteiger partial charge is 0.320 e. The number of benzene rings is 1. The molecule has 4 heteroatoms. The van der Waals surface area contributed by atoms with Crippen LogP contribution in [-0.2, 0) is 0 Å². The van der Waals surface area contributed by atoms with Gasteiger partial charge in [0.15, 0.2) is 0 Å². The van der Waals surface area contributed by atoms with Gasteiger partial charge in [-0.25, -0.2) is 8.78 Å². The van der Waals surface area contributed by atoms with Crippen molar-refractivity contribution in [1.29, 1.82) is 0 Å². The molecular formula is C12H11F2NS. The van der Waals surface area contributed by atoms with Crippen LogP contribution in [0.25, 0.3) is 0 Å². The van der Waals surface area contributed by atoms with Gasteiger partial charge in [0.1, 0.15) is 11.6 Å². The van der Waals surface area contributed by atoms with Crippen LogP contribution in [0.3, 0.4) is 0 Å². The highest BCUT2D eigenvalue weighted by atomic mass is 32.1. The first-order valence-corrected chi connectivity index (χ1v) is 5.72. The maximum absolute atomic E-state index is 13.5. The predicted octanol–water partition coefficient (Wildman–Crippen LogP) is 3.38. The Labute approximate surface area is 96.5 Å². The molecule has 0 aliphatic carbocycles. The summed E-state index contributed by atoms with van der Waals surface area (Å²) in [5.74, 6) is -1.19. The number of aryl methyl sites for hydroxylation is 1. The van der Waals surface area contributed by atoms with E-state index in [9.17, 15) is 8.78 Å². The molecule has 0 aliphatic heterocycles. The van der Waals surface area contributed by atoms with E-state index in [-0.39, 0.29) is 0 Å². The van der Waals surface area contributed by atoms with Crippen molar-refractivity contribution >= 4 is 11.3 Å². The summed E-state index contributed by atoms with van der Waals surface area (Å²) < 4.78 is 26.3. The van der Waals surface area contributed by atoms with E-state index >= 15 is 0 Å². The van der Waals surface area contributed by atoms with E-state index in [1.165, 1.54) is 12.1 Å². The third kappa shape index (κ3) is 1.99. The maximum atomic E-state index is 13.5. The second-order valence-electron chi connectivity index (χ2n) is 3.58. The lowest BCUT2D eigenvalue weighted by Crippen LogP contribution is -2.13. The zero-order valence-corrected chi connectivity index (χ0v) is 9.52. The molecule has 1 aromatic heterocycles. The van der Waals surface area contributed by atoms with E-state index in [1.807, 2.05) is 18.4 Å². The average molecular weight is 239 g/mol. The van der Waals surface area contributed by atoms with Crippen LogP contribution in [-0.4, -0.2) is 0 Å². The molecule has 2 N–H and O–H groups in total. The molecule has 0 saturated carbocycles. The van der Waals surface area contributed by atoms with Gasteiger partial charge in [-0.2, -0.15) is 0 Å². The lowest BCUT2D eigenvalue weighted by molar-refractivity contribution is 0.566. The Morgan fingerprint density at radius 3 is 2.50 bits per heavy atom.